The molecule has 0 radical (unpaired) electrons. The number of rotatable bonds is 9. The second-order valence-electron chi connectivity index (χ2n) is 5.00. The van der Waals surface area contributed by atoms with Crippen LogP contribution in [0.5, 0.6) is 5.75 Å². The molecule has 1 rings (SSSR count). The second-order valence-corrected chi connectivity index (χ2v) is 5.00. The molecule has 0 atom stereocenters. The summed E-state index contributed by atoms with van der Waals surface area (Å²) in [5.74, 6) is -0.273. The van der Waals surface area contributed by atoms with Gasteiger partial charge in [0, 0.05) is 12.8 Å². The van der Waals surface area contributed by atoms with Gasteiger partial charge in [-0.25, -0.2) is 0 Å². The molecule has 0 heterocycles. The predicted molar refractivity (Wildman–Crippen MR) is 81.7 cm³/mol. The van der Waals surface area contributed by atoms with Crippen molar-refractivity contribution in [1.29, 1.82) is 0 Å². The van der Waals surface area contributed by atoms with E-state index in [9.17, 15) is 9.59 Å². The summed E-state index contributed by atoms with van der Waals surface area (Å²) in [6.07, 6.45) is 2.39. The van der Waals surface area contributed by atoms with E-state index in [4.69, 9.17) is 9.84 Å². The molecule has 2 N–H and O–H groups in total. The van der Waals surface area contributed by atoms with Crippen LogP contribution in [0.15, 0.2) is 18.2 Å². The van der Waals surface area contributed by atoms with Crippen molar-refractivity contribution in [2.24, 2.45) is 0 Å². The van der Waals surface area contributed by atoms with Crippen LogP contribution in [0.1, 0.15) is 44.6 Å². The molecule has 0 aliphatic heterocycles. The van der Waals surface area contributed by atoms with Crippen LogP contribution in [-0.4, -0.2) is 23.6 Å². The fourth-order valence-corrected chi connectivity index (χ4v) is 1.84. The molecule has 5 nitrogen and oxygen atoms in total. The lowest BCUT2D eigenvalue weighted by Crippen LogP contribution is -2.12. The molecule has 0 saturated carbocycles. The Morgan fingerprint density at radius 2 is 1.95 bits per heavy atom. The Kier molecular flexibility index (Phi) is 7.29. The molecular formula is C16H23NO4. The van der Waals surface area contributed by atoms with E-state index in [1.807, 2.05) is 32.0 Å². The Balaban J connectivity index is 2.52. The number of nitrogens with one attached hydrogen (secondary N) is 1. The molecule has 0 aliphatic carbocycles. The van der Waals surface area contributed by atoms with Crippen LogP contribution in [0.25, 0.3) is 0 Å². The number of hydrogen-bond acceptors (Lipinski definition) is 3. The van der Waals surface area contributed by atoms with Gasteiger partial charge in [-0.2, -0.15) is 0 Å². The maximum atomic E-state index is 11.9. The van der Waals surface area contributed by atoms with Crippen LogP contribution in [-0.2, 0) is 9.59 Å². The van der Waals surface area contributed by atoms with E-state index in [0.717, 1.165) is 12.0 Å². The summed E-state index contributed by atoms with van der Waals surface area (Å²) in [5.41, 5.74) is 1.73. The van der Waals surface area contributed by atoms with Gasteiger partial charge >= 0.3 is 5.97 Å². The summed E-state index contributed by atoms with van der Waals surface area (Å²) >= 11 is 0. The fourth-order valence-electron chi connectivity index (χ4n) is 1.84. The van der Waals surface area contributed by atoms with Crippen molar-refractivity contribution in [3.05, 3.63) is 23.8 Å². The van der Waals surface area contributed by atoms with E-state index in [0.29, 0.717) is 37.3 Å². The molecule has 0 aliphatic rings. The lowest BCUT2D eigenvalue weighted by atomic mass is 10.1. The topological polar surface area (TPSA) is 75.6 Å². The first-order chi connectivity index (χ1) is 10.0. The first-order valence-corrected chi connectivity index (χ1v) is 7.28. The van der Waals surface area contributed by atoms with Gasteiger partial charge in [0.1, 0.15) is 5.75 Å². The molecule has 0 aromatic heterocycles. The number of aryl methyl sites for hydroxylation is 1. The average Bonchev–Trinajstić information content (AvgIpc) is 2.43. The van der Waals surface area contributed by atoms with Crippen LogP contribution in [0, 0.1) is 6.92 Å². The number of aliphatic carboxylic acids is 1. The highest BCUT2D eigenvalue weighted by Gasteiger charge is 2.08. The standard InChI is InChI=1S/C16H23NO4/c1-3-10-21-14-11-12(2)8-9-13(14)17-15(18)6-4-5-7-16(19)20/h8-9,11H,3-7,10H2,1-2H3,(H,17,18)(H,19,20). The average molecular weight is 293 g/mol. The van der Waals surface area contributed by atoms with Gasteiger partial charge in [0.25, 0.3) is 0 Å². The molecule has 1 aromatic carbocycles. The third-order valence-corrected chi connectivity index (χ3v) is 2.92. The quantitative estimate of drug-likeness (QED) is 0.684. The summed E-state index contributed by atoms with van der Waals surface area (Å²) in [5, 5.41) is 11.4. The molecule has 21 heavy (non-hydrogen) atoms. The zero-order valence-electron chi connectivity index (χ0n) is 12.6. The molecule has 1 aromatic rings. The highest BCUT2D eigenvalue weighted by molar-refractivity contribution is 5.92. The minimum atomic E-state index is -0.829. The first-order valence-electron chi connectivity index (χ1n) is 7.28. The maximum absolute atomic E-state index is 11.9. The van der Waals surface area contributed by atoms with Crippen molar-refractivity contribution in [2.75, 3.05) is 11.9 Å². The van der Waals surface area contributed by atoms with Gasteiger partial charge < -0.3 is 15.2 Å². The molecule has 0 bridgehead atoms. The molecular weight excluding hydrogens is 270 g/mol. The highest BCUT2D eigenvalue weighted by atomic mass is 16.5. The molecule has 0 spiro atoms. The number of amides is 1. The lowest BCUT2D eigenvalue weighted by molar-refractivity contribution is -0.137. The summed E-state index contributed by atoms with van der Waals surface area (Å²) in [7, 11) is 0. The number of carbonyl (C=O) groups is 2. The van der Waals surface area contributed by atoms with Crippen LogP contribution < -0.4 is 10.1 Å². The van der Waals surface area contributed by atoms with Gasteiger partial charge in [-0.1, -0.05) is 13.0 Å². The third-order valence-electron chi connectivity index (χ3n) is 2.92. The minimum absolute atomic E-state index is 0.0999. The number of carboxylic acids is 1. The monoisotopic (exact) mass is 293 g/mol. The van der Waals surface area contributed by atoms with Crippen LogP contribution in [0.4, 0.5) is 5.69 Å². The number of carbonyl (C=O) groups excluding carboxylic acids is 1. The molecule has 1 amide bonds. The smallest absolute Gasteiger partial charge is 0.303 e. The fraction of sp³-hybridized carbons (Fsp3) is 0.500. The normalized spacial score (nSPS) is 10.2. The van der Waals surface area contributed by atoms with Crippen molar-refractivity contribution < 1.29 is 19.4 Å². The number of benzene rings is 1. The van der Waals surface area contributed by atoms with Crippen molar-refractivity contribution >= 4 is 17.6 Å². The van der Waals surface area contributed by atoms with E-state index in [2.05, 4.69) is 5.32 Å². The third kappa shape index (κ3) is 6.79. The van der Waals surface area contributed by atoms with Crippen molar-refractivity contribution in [3.63, 3.8) is 0 Å². The Morgan fingerprint density at radius 1 is 1.24 bits per heavy atom. The van der Waals surface area contributed by atoms with Gasteiger partial charge in [0.2, 0.25) is 5.91 Å². The Labute approximate surface area is 125 Å². The number of unbranched alkanes of at least 4 members (excludes halogenated alkanes) is 1. The summed E-state index contributed by atoms with van der Waals surface area (Å²) in [6.45, 7) is 4.59. The molecule has 0 unspecified atom stereocenters. The number of ether oxygens (including phenoxy) is 1. The van der Waals surface area contributed by atoms with Crippen LogP contribution in [0.3, 0.4) is 0 Å². The maximum Gasteiger partial charge on any atom is 0.303 e. The lowest BCUT2D eigenvalue weighted by Gasteiger charge is -2.13. The SMILES string of the molecule is CCCOc1cc(C)ccc1NC(=O)CCCCC(=O)O. The largest absolute Gasteiger partial charge is 0.491 e. The predicted octanol–water partition coefficient (Wildman–Crippen LogP) is 3.37. The highest BCUT2D eigenvalue weighted by Crippen LogP contribution is 2.26. The van der Waals surface area contributed by atoms with Gasteiger partial charge in [0.15, 0.2) is 0 Å². The molecule has 0 fully saturated rings. The summed E-state index contributed by atoms with van der Waals surface area (Å²) < 4.78 is 5.63. The number of hydrogen-bond donors (Lipinski definition) is 2. The van der Waals surface area contributed by atoms with Gasteiger partial charge in [-0.15, -0.1) is 0 Å². The van der Waals surface area contributed by atoms with E-state index in [-0.39, 0.29) is 12.3 Å². The van der Waals surface area contributed by atoms with E-state index < -0.39 is 5.97 Å². The van der Waals surface area contributed by atoms with Gasteiger partial charge in [-0.05, 0) is 43.9 Å². The zero-order valence-corrected chi connectivity index (χ0v) is 12.6. The first kappa shape index (κ1) is 17.0. The number of anilines is 1. The van der Waals surface area contributed by atoms with Gasteiger partial charge in [-0.3, -0.25) is 9.59 Å². The summed E-state index contributed by atoms with van der Waals surface area (Å²) in [6, 6.07) is 5.64. The molecule has 116 valence electrons. The molecule has 5 heteroatoms. The van der Waals surface area contributed by atoms with Crippen LogP contribution in [0.2, 0.25) is 0 Å². The zero-order chi connectivity index (χ0) is 15.7. The minimum Gasteiger partial charge on any atom is -0.491 e. The summed E-state index contributed by atoms with van der Waals surface area (Å²) in [4.78, 5) is 22.2. The van der Waals surface area contributed by atoms with Crippen LogP contribution >= 0.6 is 0 Å². The van der Waals surface area contributed by atoms with Crippen molar-refractivity contribution in [2.45, 2.75) is 46.0 Å². The van der Waals surface area contributed by atoms with Gasteiger partial charge in [0.05, 0.1) is 12.3 Å². The van der Waals surface area contributed by atoms with Crippen molar-refractivity contribution in [3.8, 4) is 5.75 Å². The number of carboxylic acid groups (broad SMARTS) is 1. The van der Waals surface area contributed by atoms with Crippen molar-refractivity contribution in [1.82, 2.24) is 0 Å². The van der Waals surface area contributed by atoms with E-state index >= 15 is 0 Å². The molecule has 0 saturated heterocycles. The Bertz CT molecular complexity index is 485. The Hall–Kier alpha value is -2.04. The van der Waals surface area contributed by atoms with E-state index in [1.54, 1.807) is 0 Å². The Morgan fingerprint density at radius 3 is 2.62 bits per heavy atom. The second kappa shape index (κ2) is 9.00. The van der Waals surface area contributed by atoms with E-state index in [1.165, 1.54) is 0 Å².